The van der Waals surface area contributed by atoms with Gasteiger partial charge in [0.25, 0.3) is 5.91 Å². The lowest BCUT2D eigenvalue weighted by atomic mass is 10.0. The van der Waals surface area contributed by atoms with Crippen molar-refractivity contribution in [3.8, 4) is 0 Å². The number of rotatable bonds is 4. The van der Waals surface area contributed by atoms with Crippen LogP contribution in [-0.4, -0.2) is 59.7 Å². The fourth-order valence-electron chi connectivity index (χ4n) is 5.40. The number of hydrogen-bond donors (Lipinski definition) is 1. The highest BCUT2D eigenvalue weighted by atomic mass is 19.1. The number of carbonyl (C=O) groups is 3. The molecule has 8 nitrogen and oxygen atoms in total. The van der Waals surface area contributed by atoms with Crippen LogP contribution in [0.3, 0.4) is 0 Å². The van der Waals surface area contributed by atoms with Crippen LogP contribution >= 0.6 is 0 Å². The smallest absolute Gasteiger partial charge is 0.255 e. The van der Waals surface area contributed by atoms with Gasteiger partial charge in [-0.1, -0.05) is 12.1 Å². The molecule has 2 aromatic carbocycles. The second-order valence-electron chi connectivity index (χ2n) is 9.37. The lowest BCUT2D eigenvalue weighted by Crippen LogP contribution is -2.52. The summed E-state index contributed by atoms with van der Waals surface area (Å²) in [6.45, 7) is 3.94. The van der Waals surface area contributed by atoms with E-state index in [1.807, 2.05) is 23.1 Å². The molecule has 0 spiro atoms. The third-order valence-electron chi connectivity index (χ3n) is 7.28. The molecule has 9 heteroatoms. The highest BCUT2D eigenvalue weighted by molar-refractivity contribution is 6.05. The zero-order chi connectivity index (χ0) is 24.1. The number of nitrogens with zero attached hydrogens (tertiary/aromatic N) is 3. The Balaban J connectivity index is 1.15. The minimum atomic E-state index is -0.706. The SMILES string of the molecule is O=C1CCC(N2Cc3cc(N4CCN(Cc5cccc6occc56)CC4)c(F)cc3C2=O)C(=O)N1. The number of halogens is 1. The van der Waals surface area contributed by atoms with Gasteiger partial charge < -0.3 is 14.2 Å². The number of amides is 3. The van der Waals surface area contributed by atoms with Crippen LogP contribution in [0.25, 0.3) is 11.0 Å². The van der Waals surface area contributed by atoms with Crippen molar-refractivity contribution in [2.45, 2.75) is 32.0 Å². The molecule has 3 amide bonds. The predicted octanol–water partition coefficient (Wildman–Crippen LogP) is 2.66. The number of nitrogens with one attached hydrogen (secondary N) is 1. The lowest BCUT2D eigenvalue weighted by Gasteiger charge is -2.36. The molecule has 180 valence electrons. The van der Waals surface area contributed by atoms with Crippen molar-refractivity contribution in [2.75, 3.05) is 31.1 Å². The Morgan fingerprint density at radius 2 is 1.89 bits per heavy atom. The van der Waals surface area contributed by atoms with Crippen molar-refractivity contribution < 1.29 is 23.2 Å². The topological polar surface area (TPSA) is 86.1 Å². The molecule has 3 aromatic rings. The Morgan fingerprint density at radius 3 is 2.69 bits per heavy atom. The number of piperidine rings is 1. The largest absolute Gasteiger partial charge is 0.464 e. The van der Waals surface area contributed by atoms with E-state index < -0.39 is 17.8 Å². The molecule has 1 atom stereocenters. The molecule has 1 N–H and O–H groups in total. The number of hydrogen-bond acceptors (Lipinski definition) is 6. The third-order valence-corrected chi connectivity index (χ3v) is 7.28. The van der Waals surface area contributed by atoms with Gasteiger partial charge in [-0.15, -0.1) is 0 Å². The Morgan fingerprint density at radius 1 is 1.06 bits per heavy atom. The van der Waals surface area contributed by atoms with Crippen molar-refractivity contribution in [1.29, 1.82) is 0 Å². The normalized spacial score (nSPS) is 21.1. The van der Waals surface area contributed by atoms with E-state index in [2.05, 4.69) is 16.3 Å². The molecule has 3 aliphatic heterocycles. The average molecular weight is 477 g/mol. The van der Waals surface area contributed by atoms with E-state index in [4.69, 9.17) is 4.42 Å². The summed E-state index contributed by atoms with van der Waals surface area (Å²) in [5, 5.41) is 3.41. The van der Waals surface area contributed by atoms with Crippen LogP contribution in [0.1, 0.15) is 34.3 Å². The maximum absolute atomic E-state index is 15.1. The van der Waals surface area contributed by atoms with Gasteiger partial charge in [-0.25, -0.2) is 4.39 Å². The van der Waals surface area contributed by atoms with E-state index in [9.17, 15) is 14.4 Å². The van der Waals surface area contributed by atoms with E-state index in [1.54, 1.807) is 12.3 Å². The van der Waals surface area contributed by atoms with Crippen LogP contribution in [0.15, 0.2) is 47.1 Å². The highest BCUT2D eigenvalue weighted by Gasteiger charge is 2.40. The Kier molecular flexibility index (Phi) is 5.29. The van der Waals surface area contributed by atoms with Crippen LogP contribution in [0.2, 0.25) is 0 Å². The van der Waals surface area contributed by atoms with Crippen LogP contribution < -0.4 is 10.2 Å². The van der Waals surface area contributed by atoms with Gasteiger partial charge in [0.05, 0.1) is 12.0 Å². The Labute approximate surface area is 201 Å². The van der Waals surface area contributed by atoms with Crippen molar-refractivity contribution >= 4 is 34.4 Å². The van der Waals surface area contributed by atoms with Crippen molar-refractivity contribution in [3.05, 3.63) is 65.2 Å². The summed E-state index contributed by atoms with van der Waals surface area (Å²) < 4.78 is 20.6. The number of piperazine rings is 1. The second-order valence-corrected chi connectivity index (χ2v) is 9.37. The zero-order valence-electron chi connectivity index (χ0n) is 19.1. The van der Waals surface area contributed by atoms with Crippen molar-refractivity contribution in [2.24, 2.45) is 0 Å². The van der Waals surface area contributed by atoms with Gasteiger partial charge in [0.1, 0.15) is 17.4 Å². The van der Waals surface area contributed by atoms with Crippen LogP contribution in [0, 0.1) is 5.82 Å². The van der Waals surface area contributed by atoms with Crippen LogP contribution in [0.4, 0.5) is 10.1 Å². The van der Waals surface area contributed by atoms with Crippen LogP contribution in [-0.2, 0) is 22.7 Å². The molecule has 0 saturated carbocycles. The summed E-state index contributed by atoms with van der Waals surface area (Å²) in [6, 6.07) is 10.4. The first-order valence-electron chi connectivity index (χ1n) is 11.9. The summed E-state index contributed by atoms with van der Waals surface area (Å²) in [7, 11) is 0. The molecule has 2 fully saturated rings. The molecule has 1 aromatic heterocycles. The van der Waals surface area contributed by atoms with Crippen molar-refractivity contribution in [1.82, 2.24) is 15.1 Å². The minimum absolute atomic E-state index is 0.190. The molecule has 2 saturated heterocycles. The summed E-state index contributed by atoms with van der Waals surface area (Å²) in [5.41, 5.74) is 3.58. The molecular formula is C26H25FN4O4. The summed E-state index contributed by atoms with van der Waals surface area (Å²) >= 11 is 0. The molecule has 1 unspecified atom stereocenters. The van der Waals surface area contributed by atoms with E-state index in [-0.39, 0.29) is 31.2 Å². The molecule has 6 rings (SSSR count). The lowest BCUT2D eigenvalue weighted by molar-refractivity contribution is -0.136. The van der Waals surface area contributed by atoms with Gasteiger partial charge in [0, 0.05) is 56.6 Å². The molecule has 3 aliphatic rings. The molecule has 0 radical (unpaired) electrons. The highest BCUT2D eigenvalue weighted by Crippen LogP contribution is 2.33. The number of anilines is 1. The first-order chi connectivity index (χ1) is 17.0. The zero-order valence-corrected chi connectivity index (χ0v) is 19.1. The summed E-state index contributed by atoms with van der Waals surface area (Å²) in [6.07, 6.45) is 2.18. The number of benzene rings is 2. The molecular weight excluding hydrogens is 451 g/mol. The monoisotopic (exact) mass is 476 g/mol. The van der Waals surface area contributed by atoms with E-state index in [0.29, 0.717) is 29.9 Å². The van der Waals surface area contributed by atoms with Gasteiger partial charge in [-0.3, -0.25) is 24.6 Å². The average Bonchev–Trinajstić information content (AvgIpc) is 3.45. The van der Waals surface area contributed by atoms with Crippen LogP contribution in [0.5, 0.6) is 0 Å². The third kappa shape index (κ3) is 3.85. The quantitative estimate of drug-likeness (QED) is 0.583. The maximum Gasteiger partial charge on any atom is 0.255 e. The van der Waals surface area contributed by atoms with Gasteiger partial charge in [-0.05, 0) is 41.8 Å². The summed E-state index contributed by atoms with van der Waals surface area (Å²) in [5.74, 6) is -1.59. The van der Waals surface area contributed by atoms with E-state index >= 15 is 4.39 Å². The first-order valence-corrected chi connectivity index (χ1v) is 11.9. The molecule has 0 bridgehead atoms. The molecule has 0 aliphatic carbocycles. The number of carbonyl (C=O) groups excluding carboxylic acids is 3. The van der Waals surface area contributed by atoms with E-state index in [0.717, 1.165) is 30.6 Å². The standard InChI is InChI=1S/C26H25FN4O4/c27-20-13-19-17(15-31(26(19)34)21-4-5-24(32)28-25(21)33)12-22(20)30-9-7-29(8-10-30)14-16-2-1-3-23-18(16)6-11-35-23/h1-3,6,11-13,21H,4-5,7-10,14-15H2,(H,28,32,33). The fourth-order valence-corrected chi connectivity index (χ4v) is 5.40. The number of fused-ring (bicyclic) bond motifs is 2. The maximum atomic E-state index is 15.1. The second kappa shape index (κ2) is 8.49. The van der Waals surface area contributed by atoms with Gasteiger partial charge >= 0.3 is 0 Å². The van der Waals surface area contributed by atoms with Gasteiger partial charge in [-0.2, -0.15) is 0 Å². The van der Waals surface area contributed by atoms with Gasteiger partial charge in [0.15, 0.2) is 0 Å². The predicted molar refractivity (Wildman–Crippen MR) is 126 cm³/mol. The number of furan rings is 1. The first kappa shape index (κ1) is 21.8. The summed E-state index contributed by atoms with van der Waals surface area (Å²) in [4.78, 5) is 42.5. The molecule has 4 heterocycles. The Bertz CT molecular complexity index is 1340. The fraction of sp³-hybridized carbons (Fsp3) is 0.346. The molecule has 35 heavy (non-hydrogen) atoms. The minimum Gasteiger partial charge on any atom is -0.464 e. The van der Waals surface area contributed by atoms with Gasteiger partial charge in [0.2, 0.25) is 11.8 Å². The number of imide groups is 1. The van der Waals surface area contributed by atoms with Crippen molar-refractivity contribution in [3.63, 3.8) is 0 Å². The Hall–Kier alpha value is -3.72. The van der Waals surface area contributed by atoms with E-state index in [1.165, 1.54) is 16.5 Å².